The molecule has 7 nitrogen and oxygen atoms in total. The first-order valence-corrected chi connectivity index (χ1v) is 14.8. The molecule has 0 aliphatic rings. The molecule has 0 bridgehead atoms. The van der Waals surface area contributed by atoms with E-state index in [1.54, 1.807) is 25.1 Å². The van der Waals surface area contributed by atoms with E-state index in [1.165, 1.54) is 35.2 Å². The Morgan fingerprint density at radius 1 is 0.923 bits per heavy atom. The SMILES string of the molecule is Cc1ccccc1CN(C(=O)CN(c1cc(Cl)ccc1Cl)S(=O)(=O)c1ccccc1)[C@@H](C)C(=O)NCC(C)C. The molecule has 0 unspecified atom stereocenters. The molecule has 2 amide bonds. The maximum absolute atomic E-state index is 14.0. The molecule has 0 radical (unpaired) electrons. The van der Waals surface area contributed by atoms with Crippen molar-refractivity contribution in [2.75, 3.05) is 17.4 Å². The Kier molecular flexibility index (Phi) is 10.4. The van der Waals surface area contributed by atoms with Crippen LogP contribution in [0.2, 0.25) is 10.0 Å². The maximum atomic E-state index is 14.0. The highest BCUT2D eigenvalue weighted by Crippen LogP contribution is 2.33. The minimum Gasteiger partial charge on any atom is -0.354 e. The minimum atomic E-state index is -4.23. The van der Waals surface area contributed by atoms with Gasteiger partial charge in [-0.2, -0.15) is 0 Å². The van der Waals surface area contributed by atoms with E-state index in [1.807, 2.05) is 45.0 Å². The first-order valence-electron chi connectivity index (χ1n) is 12.6. The minimum absolute atomic E-state index is 0.0120. The second kappa shape index (κ2) is 13.3. The van der Waals surface area contributed by atoms with Crippen molar-refractivity contribution in [1.29, 1.82) is 0 Å². The van der Waals surface area contributed by atoms with Crippen LogP contribution in [0.3, 0.4) is 0 Å². The summed E-state index contributed by atoms with van der Waals surface area (Å²) in [5.74, 6) is -0.678. The fraction of sp³-hybridized carbons (Fsp3) is 0.310. The fourth-order valence-electron chi connectivity index (χ4n) is 3.92. The smallest absolute Gasteiger partial charge is 0.264 e. The number of amides is 2. The summed E-state index contributed by atoms with van der Waals surface area (Å²) in [6, 6.07) is 18.9. The van der Waals surface area contributed by atoms with Crippen molar-refractivity contribution in [3.05, 3.63) is 94.0 Å². The molecule has 0 aliphatic carbocycles. The number of aryl methyl sites for hydroxylation is 1. The van der Waals surface area contributed by atoms with Crippen molar-refractivity contribution in [3.63, 3.8) is 0 Å². The zero-order valence-electron chi connectivity index (χ0n) is 22.4. The van der Waals surface area contributed by atoms with Crippen molar-refractivity contribution >= 4 is 50.7 Å². The lowest BCUT2D eigenvalue weighted by atomic mass is 10.1. The van der Waals surface area contributed by atoms with E-state index in [-0.39, 0.29) is 39.0 Å². The van der Waals surface area contributed by atoms with E-state index in [0.29, 0.717) is 6.54 Å². The van der Waals surface area contributed by atoms with Gasteiger partial charge in [-0.25, -0.2) is 8.42 Å². The third kappa shape index (κ3) is 7.75. The second-order valence-corrected chi connectivity index (χ2v) is 12.4. The van der Waals surface area contributed by atoms with Crippen molar-refractivity contribution in [3.8, 4) is 0 Å². The van der Waals surface area contributed by atoms with E-state index >= 15 is 0 Å². The van der Waals surface area contributed by atoms with E-state index in [9.17, 15) is 18.0 Å². The Hall–Kier alpha value is -3.07. The topological polar surface area (TPSA) is 86.8 Å². The molecule has 39 heavy (non-hydrogen) atoms. The number of nitrogens with one attached hydrogen (secondary N) is 1. The van der Waals surface area contributed by atoms with Crippen LogP contribution in [0.4, 0.5) is 5.69 Å². The molecule has 10 heteroatoms. The Balaban J connectivity index is 2.05. The summed E-state index contributed by atoms with van der Waals surface area (Å²) >= 11 is 12.6. The van der Waals surface area contributed by atoms with Gasteiger partial charge in [-0.15, -0.1) is 0 Å². The molecule has 1 atom stereocenters. The lowest BCUT2D eigenvalue weighted by molar-refractivity contribution is -0.139. The van der Waals surface area contributed by atoms with Gasteiger partial charge in [-0.3, -0.25) is 13.9 Å². The van der Waals surface area contributed by atoms with Gasteiger partial charge in [0.15, 0.2) is 0 Å². The summed E-state index contributed by atoms with van der Waals surface area (Å²) in [6.07, 6.45) is 0. The summed E-state index contributed by atoms with van der Waals surface area (Å²) in [5.41, 5.74) is 1.85. The summed E-state index contributed by atoms with van der Waals surface area (Å²) < 4.78 is 28.6. The highest BCUT2D eigenvalue weighted by Gasteiger charge is 2.33. The highest BCUT2D eigenvalue weighted by molar-refractivity contribution is 7.92. The first-order chi connectivity index (χ1) is 18.4. The van der Waals surface area contributed by atoms with Crippen molar-refractivity contribution in [2.45, 2.75) is 45.2 Å². The fourth-order valence-corrected chi connectivity index (χ4v) is 5.80. The summed E-state index contributed by atoms with van der Waals surface area (Å²) in [5, 5.41) is 3.24. The van der Waals surface area contributed by atoms with Crippen LogP contribution in [0.5, 0.6) is 0 Å². The lowest BCUT2D eigenvalue weighted by Gasteiger charge is -2.32. The van der Waals surface area contributed by atoms with Crippen LogP contribution < -0.4 is 9.62 Å². The molecule has 0 fully saturated rings. The molecule has 0 heterocycles. The Morgan fingerprint density at radius 2 is 1.56 bits per heavy atom. The molecular formula is C29H33Cl2N3O4S. The number of benzene rings is 3. The van der Waals surface area contributed by atoms with Crippen LogP contribution in [0, 0.1) is 12.8 Å². The zero-order chi connectivity index (χ0) is 28.7. The number of carbonyl (C=O) groups is 2. The van der Waals surface area contributed by atoms with Gasteiger partial charge in [0.1, 0.15) is 12.6 Å². The third-order valence-corrected chi connectivity index (χ3v) is 8.57. The normalized spacial score (nSPS) is 12.2. The number of anilines is 1. The monoisotopic (exact) mass is 589 g/mol. The molecule has 3 rings (SSSR count). The standard InChI is InChI=1S/C29H33Cl2N3O4S/c1-20(2)17-32-29(36)22(4)33(18-23-11-9-8-10-21(23)3)28(35)19-34(27-16-24(30)14-15-26(27)31)39(37,38)25-12-6-5-7-13-25/h5-16,20,22H,17-19H2,1-4H3,(H,32,36)/t22-/m0/s1. The Bertz CT molecular complexity index is 1420. The molecule has 0 spiro atoms. The number of hydrogen-bond acceptors (Lipinski definition) is 4. The Labute approximate surface area is 240 Å². The lowest BCUT2D eigenvalue weighted by Crippen LogP contribution is -2.51. The Morgan fingerprint density at radius 3 is 2.21 bits per heavy atom. The molecule has 0 saturated heterocycles. The predicted molar refractivity (Wildman–Crippen MR) is 156 cm³/mol. The number of sulfonamides is 1. The van der Waals surface area contributed by atoms with E-state index in [0.717, 1.165) is 15.4 Å². The van der Waals surface area contributed by atoms with Crippen LogP contribution in [-0.4, -0.2) is 44.3 Å². The average Bonchev–Trinajstić information content (AvgIpc) is 2.91. The van der Waals surface area contributed by atoms with E-state index in [2.05, 4.69) is 5.32 Å². The van der Waals surface area contributed by atoms with Crippen LogP contribution in [-0.2, 0) is 26.2 Å². The molecular weight excluding hydrogens is 557 g/mol. The third-order valence-electron chi connectivity index (χ3n) is 6.24. The number of halogens is 2. The summed E-state index contributed by atoms with van der Waals surface area (Å²) in [4.78, 5) is 28.4. The van der Waals surface area contributed by atoms with Gasteiger partial charge in [0, 0.05) is 18.1 Å². The van der Waals surface area contributed by atoms with Gasteiger partial charge in [0.2, 0.25) is 11.8 Å². The predicted octanol–water partition coefficient (Wildman–Crippen LogP) is 5.69. The molecule has 1 N–H and O–H groups in total. The van der Waals surface area contributed by atoms with Gasteiger partial charge in [0.25, 0.3) is 10.0 Å². The van der Waals surface area contributed by atoms with Gasteiger partial charge in [-0.05, 0) is 61.2 Å². The van der Waals surface area contributed by atoms with Gasteiger partial charge < -0.3 is 10.2 Å². The molecule has 0 aliphatic heterocycles. The number of rotatable bonds is 11. The van der Waals surface area contributed by atoms with Crippen LogP contribution in [0.25, 0.3) is 0 Å². The van der Waals surface area contributed by atoms with Crippen LogP contribution in [0.15, 0.2) is 77.7 Å². The summed E-state index contributed by atoms with van der Waals surface area (Å²) in [7, 11) is -4.23. The zero-order valence-corrected chi connectivity index (χ0v) is 24.7. The van der Waals surface area contributed by atoms with E-state index < -0.39 is 28.5 Å². The van der Waals surface area contributed by atoms with Crippen molar-refractivity contribution < 1.29 is 18.0 Å². The van der Waals surface area contributed by atoms with Gasteiger partial charge >= 0.3 is 0 Å². The van der Waals surface area contributed by atoms with Crippen LogP contribution >= 0.6 is 23.2 Å². The molecule has 0 saturated carbocycles. The van der Waals surface area contributed by atoms with Crippen molar-refractivity contribution in [2.24, 2.45) is 5.92 Å². The van der Waals surface area contributed by atoms with Crippen molar-refractivity contribution in [1.82, 2.24) is 10.2 Å². The van der Waals surface area contributed by atoms with Gasteiger partial charge in [-0.1, -0.05) is 79.5 Å². The van der Waals surface area contributed by atoms with Crippen LogP contribution in [0.1, 0.15) is 31.9 Å². The molecule has 3 aromatic carbocycles. The quantitative estimate of drug-likeness (QED) is 0.311. The first kappa shape index (κ1) is 30.5. The largest absolute Gasteiger partial charge is 0.354 e. The number of carbonyl (C=O) groups excluding carboxylic acids is 2. The van der Waals surface area contributed by atoms with E-state index in [4.69, 9.17) is 23.2 Å². The molecule has 0 aromatic heterocycles. The highest BCUT2D eigenvalue weighted by atomic mass is 35.5. The van der Waals surface area contributed by atoms with Gasteiger partial charge in [0.05, 0.1) is 15.6 Å². The number of nitrogens with zero attached hydrogens (tertiary/aromatic N) is 2. The second-order valence-electron chi connectivity index (χ2n) is 9.68. The maximum Gasteiger partial charge on any atom is 0.264 e. The number of hydrogen-bond donors (Lipinski definition) is 1. The average molecular weight is 591 g/mol. The molecule has 208 valence electrons. The molecule has 3 aromatic rings. The summed E-state index contributed by atoms with van der Waals surface area (Å²) in [6.45, 7) is 7.47.